The van der Waals surface area contributed by atoms with E-state index in [0.717, 1.165) is 11.1 Å². The maximum absolute atomic E-state index is 13.6. The van der Waals surface area contributed by atoms with Crippen LogP contribution in [0.15, 0.2) is 118 Å². The minimum atomic E-state index is -1.58. The number of hydrogen-bond acceptors (Lipinski definition) is 10. The number of hydrogen-bond donors (Lipinski definition) is 4. The third-order valence-electron chi connectivity index (χ3n) is 10.1. The molecule has 5 aromatic rings. The summed E-state index contributed by atoms with van der Waals surface area (Å²) < 4.78 is 0. The van der Waals surface area contributed by atoms with Gasteiger partial charge in [-0.3, -0.25) is 28.8 Å². The Morgan fingerprint density at radius 3 is 1.17 bits per heavy atom. The molecule has 0 aliphatic carbocycles. The maximum atomic E-state index is 13.6. The summed E-state index contributed by atoms with van der Waals surface area (Å²) in [7, 11) is 0. The molecule has 66 heavy (non-hydrogen) atoms. The molecule has 4 N–H and O–H groups in total. The van der Waals surface area contributed by atoms with Crippen LogP contribution < -0.4 is 21.3 Å². The molecule has 0 fully saturated rings. The molecule has 0 aliphatic rings. The summed E-state index contributed by atoms with van der Waals surface area (Å²) in [6.07, 6.45) is 0.761. The molecule has 0 spiro atoms. The predicted octanol–water partition coefficient (Wildman–Crippen LogP) is 12.6. The lowest BCUT2D eigenvalue weighted by Gasteiger charge is -2.18. The van der Waals surface area contributed by atoms with E-state index in [2.05, 4.69) is 41.7 Å². The van der Waals surface area contributed by atoms with Crippen LogP contribution >= 0.6 is 46.4 Å². The topological polar surface area (TPSA) is 200 Å². The molecule has 18 heteroatoms. The fraction of sp³-hybridized carbons (Fsp3) is 0.250. The van der Waals surface area contributed by atoms with E-state index in [1.165, 1.54) is 50.2 Å². The zero-order valence-corrected chi connectivity index (χ0v) is 39.7. The van der Waals surface area contributed by atoms with Crippen LogP contribution in [0, 0.1) is 0 Å². The molecule has 4 atom stereocenters. The van der Waals surface area contributed by atoms with Crippen LogP contribution in [-0.2, 0) is 32.0 Å². The lowest BCUT2D eigenvalue weighted by molar-refractivity contribution is -0.127. The summed E-state index contributed by atoms with van der Waals surface area (Å²) in [5.74, 6) is -3.70. The van der Waals surface area contributed by atoms with Crippen molar-refractivity contribution in [3.05, 3.63) is 140 Å². The zero-order valence-electron chi connectivity index (χ0n) is 36.7. The summed E-state index contributed by atoms with van der Waals surface area (Å²) in [6.45, 7) is 9.72. The van der Waals surface area contributed by atoms with E-state index < -0.39 is 47.3 Å². The highest BCUT2D eigenvalue weighted by molar-refractivity contribution is 6.33. The van der Waals surface area contributed by atoms with Crippen molar-refractivity contribution in [1.29, 1.82) is 0 Å². The Morgan fingerprint density at radius 1 is 0.515 bits per heavy atom. The minimum absolute atomic E-state index is 0.0558. The first kappa shape index (κ1) is 50.7. The normalized spacial score (nSPS) is 13.1. The zero-order chi connectivity index (χ0) is 48.2. The molecule has 5 aromatic carbocycles. The van der Waals surface area contributed by atoms with Gasteiger partial charge in [0.1, 0.15) is 11.4 Å². The van der Waals surface area contributed by atoms with Gasteiger partial charge in [-0.05, 0) is 136 Å². The van der Waals surface area contributed by atoms with Crippen LogP contribution in [0.3, 0.4) is 0 Å². The monoisotopic (exact) mass is 970 g/mol. The number of halogens is 4. The molecule has 0 saturated carbocycles. The fourth-order valence-electron chi connectivity index (χ4n) is 6.32. The van der Waals surface area contributed by atoms with E-state index in [-0.39, 0.29) is 43.3 Å². The summed E-state index contributed by atoms with van der Waals surface area (Å²) in [6, 6.07) is 22.9. The number of nitrogens with zero attached hydrogens (tertiary/aromatic N) is 4. The van der Waals surface area contributed by atoms with Gasteiger partial charge < -0.3 is 21.3 Å². The minimum Gasteiger partial charge on any atom is -0.323 e. The van der Waals surface area contributed by atoms with Crippen LogP contribution in [0.1, 0.15) is 95.3 Å². The van der Waals surface area contributed by atoms with E-state index in [9.17, 15) is 28.8 Å². The number of rotatable bonds is 18. The molecule has 5 rings (SSSR count). The van der Waals surface area contributed by atoms with E-state index in [4.69, 9.17) is 46.4 Å². The average molecular weight is 973 g/mol. The van der Waals surface area contributed by atoms with Gasteiger partial charge in [-0.2, -0.15) is 20.5 Å². The lowest BCUT2D eigenvalue weighted by Crippen LogP contribution is -2.33. The molecule has 0 radical (unpaired) electrons. The van der Waals surface area contributed by atoms with Crippen molar-refractivity contribution in [1.82, 2.24) is 0 Å². The largest absolute Gasteiger partial charge is 0.323 e. The fourth-order valence-corrected chi connectivity index (χ4v) is 6.92. The molecule has 0 aliphatic heterocycles. The first-order valence-electron chi connectivity index (χ1n) is 20.7. The van der Waals surface area contributed by atoms with Crippen LogP contribution in [0.4, 0.5) is 34.1 Å². The van der Waals surface area contributed by atoms with Crippen LogP contribution in [-0.4, -0.2) is 47.3 Å². The molecule has 0 bridgehead atoms. The number of Topliss-reactive ketones (excluding diaryl/α,β-unsaturated/α-hetero) is 2. The first-order valence-corrected chi connectivity index (χ1v) is 22.3. The Hall–Kier alpha value is -6.32. The van der Waals surface area contributed by atoms with Crippen molar-refractivity contribution < 1.29 is 28.8 Å². The Bertz CT molecular complexity index is 2520. The van der Waals surface area contributed by atoms with Gasteiger partial charge in [0.05, 0.1) is 20.8 Å². The van der Waals surface area contributed by atoms with Gasteiger partial charge in [0.2, 0.25) is 12.1 Å². The third-order valence-corrected chi connectivity index (χ3v) is 11.3. The smallest absolute Gasteiger partial charge is 0.258 e. The molecule has 14 nitrogen and oxygen atoms in total. The molecule has 0 saturated heterocycles. The Labute approximate surface area is 402 Å². The van der Waals surface area contributed by atoms with E-state index in [0.29, 0.717) is 46.7 Å². The van der Waals surface area contributed by atoms with Gasteiger partial charge >= 0.3 is 0 Å². The van der Waals surface area contributed by atoms with Crippen LogP contribution in [0.25, 0.3) is 0 Å². The predicted molar refractivity (Wildman–Crippen MR) is 261 cm³/mol. The molecular formula is C48H46Cl4N8O6. The summed E-state index contributed by atoms with van der Waals surface area (Å²) in [4.78, 5) is 78.9. The number of amides is 4. The second-order valence-corrected chi connectivity index (χ2v) is 17.1. The van der Waals surface area contributed by atoms with Crippen molar-refractivity contribution in [2.75, 3.05) is 21.3 Å². The van der Waals surface area contributed by atoms with Gasteiger partial charge in [-0.25, -0.2) is 0 Å². The highest BCUT2D eigenvalue weighted by Crippen LogP contribution is 2.31. The van der Waals surface area contributed by atoms with Crippen molar-refractivity contribution >= 4 is 116 Å². The van der Waals surface area contributed by atoms with Gasteiger partial charge in [-0.15, -0.1) is 23.2 Å². The number of aryl methyl sites for hydroxylation is 2. The summed E-state index contributed by atoms with van der Waals surface area (Å²) >= 11 is 25.0. The van der Waals surface area contributed by atoms with Gasteiger partial charge in [0.25, 0.3) is 23.6 Å². The summed E-state index contributed by atoms with van der Waals surface area (Å²) in [5, 5.41) is 27.2. The molecule has 342 valence electrons. The number of nitrogens with one attached hydrogen (secondary N) is 4. The number of carbonyl (C=O) groups excluding carboxylic acids is 6. The van der Waals surface area contributed by atoms with Crippen molar-refractivity contribution in [2.45, 2.75) is 77.2 Å². The lowest BCUT2D eigenvalue weighted by atomic mass is 10.0. The van der Waals surface area contributed by atoms with E-state index in [1.807, 2.05) is 27.7 Å². The Balaban J connectivity index is 1.29. The molecular weight excluding hydrogens is 926 g/mol. The summed E-state index contributed by atoms with van der Waals surface area (Å²) in [5.41, 5.74) is 5.25. The van der Waals surface area contributed by atoms with Crippen LogP contribution in [0.5, 0.6) is 0 Å². The number of carbonyl (C=O) groups is 6. The standard InChI is InChI=1S/C48H46Cl4N8O6/c1-7-29-21-40(56-48(66)44(28(6)62)60-58-42-24-34(14-20-38(42)52)46(64)54-36-17-11-32(12-18-36)26(4)50)30(8-2)22-39(29)55-47(65)43(27(5)61)59-57-41-23-33(13-19-37(41)51)45(63)53-35-15-9-31(10-16-35)25(3)49/h9-26,43-44H,7-8H2,1-6H3,(H,53,63)(H,54,64)(H,55,65)(H,56,66). The Morgan fingerprint density at radius 2 is 0.864 bits per heavy atom. The highest BCUT2D eigenvalue weighted by atomic mass is 35.5. The van der Waals surface area contributed by atoms with E-state index in [1.54, 1.807) is 60.7 Å². The number of alkyl halides is 2. The van der Waals surface area contributed by atoms with Crippen molar-refractivity contribution in [3.8, 4) is 0 Å². The van der Waals surface area contributed by atoms with Crippen molar-refractivity contribution in [3.63, 3.8) is 0 Å². The Kier molecular flexibility index (Phi) is 17.8. The highest BCUT2D eigenvalue weighted by Gasteiger charge is 2.27. The number of anilines is 4. The van der Waals surface area contributed by atoms with Crippen LogP contribution in [0.2, 0.25) is 10.0 Å². The number of azo groups is 2. The van der Waals surface area contributed by atoms with Crippen molar-refractivity contribution in [2.24, 2.45) is 20.5 Å². The van der Waals surface area contributed by atoms with E-state index >= 15 is 0 Å². The maximum Gasteiger partial charge on any atom is 0.258 e. The van der Waals surface area contributed by atoms with Gasteiger partial charge in [0.15, 0.2) is 11.6 Å². The molecule has 0 heterocycles. The second kappa shape index (κ2) is 23.2. The number of benzene rings is 5. The molecule has 4 amide bonds. The molecule has 0 aromatic heterocycles. The third kappa shape index (κ3) is 13.4. The first-order chi connectivity index (χ1) is 31.4. The van der Waals surface area contributed by atoms with Gasteiger partial charge in [-0.1, -0.05) is 61.3 Å². The second-order valence-electron chi connectivity index (χ2n) is 15.0. The SMILES string of the molecule is CCc1cc(NC(=O)C(N=Nc2cc(C(=O)Nc3ccc(C(C)Cl)cc3)ccc2Cl)C(C)=O)c(CC)cc1NC(=O)C(N=Nc1cc(C(=O)Nc2ccc(C(C)Cl)cc2)ccc1Cl)C(C)=O. The van der Waals surface area contributed by atoms with Gasteiger partial charge in [0, 0.05) is 33.9 Å². The quantitative estimate of drug-likeness (QED) is 0.0382. The molecule has 4 unspecified atom stereocenters. The number of ketones is 2. The average Bonchev–Trinajstić information content (AvgIpc) is 3.27.